The van der Waals surface area contributed by atoms with Crippen LogP contribution in [-0.4, -0.2) is 40.3 Å². The Morgan fingerprint density at radius 1 is 0.649 bits per heavy atom. The van der Waals surface area contributed by atoms with Gasteiger partial charge in [0.05, 0.1) is 17.1 Å². The molecule has 1 aromatic carbocycles. The van der Waals surface area contributed by atoms with E-state index < -0.39 is 23.7 Å². The lowest BCUT2D eigenvalue weighted by atomic mass is 10.2. The zero-order valence-electron chi connectivity index (χ0n) is 18.2. The topological polar surface area (TPSA) is 112 Å². The van der Waals surface area contributed by atoms with Crippen LogP contribution < -0.4 is 4.90 Å². The Labute approximate surface area is 203 Å². The van der Waals surface area contributed by atoms with E-state index >= 15 is 0 Å². The highest BCUT2D eigenvalue weighted by molar-refractivity contribution is 5.73. The first-order valence-electron chi connectivity index (χ1n) is 10.4. The van der Waals surface area contributed by atoms with Crippen LogP contribution in [0.3, 0.4) is 0 Å². The van der Waals surface area contributed by atoms with Gasteiger partial charge >= 0.3 is 12.4 Å². The van der Waals surface area contributed by atoms with E-state index in [1.807, 2.05) is 10.2 Å². The zero-order valence-corrected chi connectivity index (χ0v) is 18.2. The molecule has 0 spiro atoms. The molecule has 5 rings (SSSR count). The maximum Gasteiger partial charge on any atom is 0.432 e. The van der Waals surface area contributed by atoms with Crippen molar-refractivity contribution >= 4 is 17.5 Å². The summed E-state index contributed by atoms with van der Waals surface area (Å²) in [7, 11) is 0. The largest absolute Gasteiger partial charge is 0.432 e. The first-order valence-corrected chi connectivity index (χ1v) is 10.4. The predicted octanol–water partition coefficient (Wildman–Crippen LogP) is 5.55. The van der Waals surface area contributed by atoms with Crippen LogP contribution >= 0.6 is 0 Å². The van der Waals surface area contributed by atoms with Crippen molar-refractivity contribution in [2.24, 2.45) is 0 Å². The summed E-state index contributed by atoms with van der Waals surface area (Å²) in [5.74, 6) is 0.186. The lowest BCUT2D eigenvalue weighted by molar-refractivity contribution is -0.142. The second-order valence-corrected chi connectivity index (χ2v) is 7.50. The highest BCUT2D eigenvalue weighted by Gasteiger charge is 2.34. The summed E-state index contributed by atoms with van der Waals surface area (Å²) < 4.78 is 78.1. The van der Waals surface area contributed by atoms with Crippen molar-refractivity contribution in [1.82, 2.24) is 40.3 Å². The van der Waals surface area contributed by atoms with Crippen molar-refractivity contribution in [2.45, 2.75) is 12.4 Å². The van der Waals surface area contributed by atoms with Crippen LogP contribution in [0, 0.1) is 0 Å². The molecule has 0 unspecified atom stereocenters. The Morgan fingerprint density at radius 3 is 1.86 bits per heavy atom. The fraction of sp³-hybridized carbons (Fsp3) is 0.0909. The molecule has 188 valence electrons. The smallest absolute Gasteiger partial charge is 0.273 e. The van der Waals surface area contributed by atoms with Gasteiger partial charge in [-0.3, -0.25) is 15.1 Å². The predicted molar refractivity (Wildman–Crippen MR) is 117 cm³/mol. The van der Waals surface area contributed by atoms with Crippen LogP contribution in [0.1, 0.15) is 11.4 Å². The van der Waals surface area contributed by atoms with Gasteiger partial charge in [0.25, 0.3) is 0 Å². The normalized spacial score (nSPS) is 12.1. The zero-order chi connectivity index (χ0) is 26.2. The van der Waals surface area contributed by atoms with Gasteiger partial charge in [0.1, 0.15) is 34.9 Å². The first-order chi connectivity index (χ1) is 17.6. The van der Waals surface area contributed by atoms with Crippen LogP contribution in [0.5, 0.6) is 0 Å². The van der Waals surface area contributed by atoms with Gasteiger partial charge in [-0.15, -0.1) is 0 Å². The van der Waals surface area contributed by atoms with Gasteiger partial charge in [0.2, 0.25) is 5.95 Å². The van der Waals surface area contributed by atoms with Gasteiger partial charge in [-0.05, 0) is 30.3 Å². The number of hydrogen-bond donors (Lipinski definition) is 2. The molecule has 0 bridgehead atoms. The molecule has 4 heterocycles. The summed E-state index contributed by atoms with van der Waals surface area (Å²) in [4.78, 5) is 18.3. The number of para-hydroxylation sites is 1. The molecule has 37 heavy (non-hydrogen) atoms. The minimum absolute atomic E-state index is 0.0166. The van der Waals surface area contributed by atoms with Gasteiger partial charge in [0, 0.05) is 12.3 Å². The maximum absolute atomic E-state index is 13.0. The number of benzene rings is 1. The van der Waals surface area contributed by atoms with E-state index in [0.717, 1.165) is 18.5 Å². The highest BCUT2D eigenvalue weighted by atomic mass is 19.4. The molecular weight excluding hydrogens is 504 g/mol. The number of rotatable bonds is 5. The van der Waals surface area contributed by atoms with Crippen LogP contribution in [0.25, 0.3) is 22.8 Å². The third kappa shape index (κ3) is 4.96. The fourth-order valence-corrected chi connectivity index (χ4v) is 3.33. The Hall–Kier alpha value is -4.82. The summed E-state index contributed by atoms with van der Waals surface area (Å²) in [6, 6.07) is 13.0. The van der Waals surface area contributed by atoms with Crippen LogP contribution in [0.15, 0.2) is 67.1 Å². The standard InChI is InChI=1S/C22H13F6N9/c23-21(24,25)17-8-15(33-35-17)13-6-7-29-20(32-13)37(12-4-2-1-3-5-12)19-10-14(30-11-31-19)16-9-18(36-34-16)22(26,27)28/h1-11H,(H,33,35)(H,34,36). The number of aromatic amines is 2. The van der Waals surface area contributed by atoms with Gasteiger partial charge in [-0.25, -0.2) is 19.9 Å². The van der Waals surface area contributed by atoms with E-state index in [-0.39, 0.29) is 34.5 Å². The maximum atomic E-state index is 13.0. The Balaban J connectivity index is 1.58. The summed E-state index contributed by atoms with van der Waals surface area (Å²) in [6.07, 6.45) is -6.77. The number of alkyl halides is 6. The summed E-state index contributed by atoms with van der Waals surface area (Å²) in [5, 5.41) is 11.2. The monoisotopic (exact) mass is 517 g/mol. The van der Waals surface area contributed by atoms with E-state index in [4.69, 9.17) is 0 Å². The molecule has 5 aromatic rings. The average Bonchev–Trinajstić information content (AvgIpc) is 3.56. The Kier molecular flexibility index (Phi) is 5.81. The minimum atomic E-state index is -4.62. The van der Waals surface area contributed by atoms with E-state index in [0.29, 0.717) is 5.69 Å². The number of anilines is 3. The van der Waals surface area contributed by atoms with Crippen LogP contribution in [0.2, 0.25) is 0 Å². The summed E-state index contributed by atoms with van der Waals surface area (Å²) in [6.45, 7) is 0. The number of aromatic nitrogens is 8. The molecule has 0 aliphatic heterocycles. The van der Waals surface area contributed by atoms with Gasteiger partial charge in [-0.1, -0.05) is 18.2 Å². The van der Waals surface area contributed by atoms with Gasteiger partial charge in [-0.2, -0.15) is 36.5 Å². The van der Waals surface area contributed by atoms with E-state index in [1.165, 1.54) is 23.2 Å². The fourth-order valence-electron chi connectivity index (χ4n) is 3.33. The second kappa shape index (κ2) is 9.00. The average molecular weight is 517 g/mol. The molecule has 9 nitrogen and oxygen atoms in total. The number of nitrogens with one attached hydrogen (secondary N) is 2. The lowest BCUT2D eigenvalue weighted by Crippen LogP contribution is -2.15. The van der Waals surface area contributed by atoms with Crippen molar-refractivity contribution in [1.29, 1.82) is 0 Å². The number of nitrogens with zero attached hydrogens (tertiary/aromatic N) is 7. The number of H-pyrrole nitrogens is 2. The molecule has 0 aliphatic rings. The van der Waals surface area contributed by atoms with Crippen molar-refractivity contribution in [3.63, 3.8) is 0 Å². The Bertz CT molecular complexity index is 1430. The van der Waals surface area contributed by atoms with E-state index in [1.54, 1.807) is 30.3 Å². The molecule has 4 aromatic heterocycles. The number of hydrogen-bond acceptors (Lipinski definition) is 7. The molecule has 0 saturated carbocycles. The molecule has 15 heteroatoms. The molecule has 2 N–H and O–H groups in total. The highest BCUT2D eigenvalue weighted by Crippen LogP contribution is 2.35. The quantitative estimate of drug-likeness (QED) is 0.294. The summed E-state index contributed by atoms with van der Waals surface area (Å²) >= 11 is 0. The van der Waals surface area contributed by atoms with Crippen LogP contribution in [0.4, 0.5) is 43.8 Å². The molecule has 0 fully saturated rings. The van der Waals surface area contributed by atoms with E-state index in [2.05, 4.69) is 30.1 Å². The third-order valence-electron chi connectivity index (χ3n) is 5.03. The molecular formula is C22H13F6N9. The minimum Gasteiger partial charge on any atom is -0.273 e. The summed E-state index contributed by atoms with van der Waals surface area (Å²) in [5.41, 5.74) is -1.54. The lowest BCUT2D eigenvalue weighted by Gasteiger charge is -2.22. The SMILES string of the molecule is FC(F)(F)c1cc(-c2cc(N(c3ccccc3)c3nccc(-c4cc(C(F)(F)F)[nH]n4)n3)ncn2)n[nH]1. The van der Waals surface area contributed by atoms with Gasteiger partial charge < -0.3 is 0 Å². The molecule has 0 saturated heterocycles. The molecule has 0 atom stereocenters. The van der Waals surface area contributed by atoms with Gasteiger partial charge in [0.15, 0.2) is 0 Å². The van der Waals surface area contributed by atoms with E-state index in [9.17, 15) is 26.3 Å². The van der Waals surface area contributed by atoms with Crippen LogP contribution in [-0.2, 0) is 12.4 Å². The van der Waals surface area contributed by atoms with Crippen molar-refractivity contribution in [2.75, 3.05) is 4.90 Å². The second-order valence-electron chi connectivity index (χ2n) is 7.50. The molecule has 0 radical (unpaired) electrons. The van der Waals surface area contributed by atoms with Crippen molar-refractivity contribution < 1.29 is 26.3 Å². The molecule has 0 amide bonds. The third-order valence-corrected chi connectivity index (χ3v) is 5.03. The van der Waals surface area contributed by atoms with Crippen molar-refractivity contribution in [3.8, 4) is 22.8 Å². The molecule has 0 aliphatic carbocycles. The number of halogens is 6. The first kappa shape index (κ1) is 23.9. The van der Waals surface area contributed by atoms with Crippen molar-refractivity contribution in [3.05, 3.63) is 78.5 Å². The Morgan fingerprint density at radius 2 is 1.27 bits per heavy atom.